The van der Waals surface area contributed by atoms with Gasteiger partial charge >= 0.3 is 5.97 Å². The van der Waals surface area contributed by atoms with E-state index >= 15 is 0 Å². The van der Waals surface area contributed by atoms with Crippen molar-refractivity contribution in [3.05, 3.63) is 35.6 Å². The van der Waals surface area contributed by atoms with Crippen molar-refractivity contribution >= 4 is 11.9 Å². The van der Waals surface area contributed by atoms with Crippen LogP contribution in [0.2, 0.25) is 0 Å². The summed E-state index contributed by atoms with van der Waals surface area (Å²) in [6, 6.07) is 5.43. The molecular weight excluding hydrogens is 249 g/mol. The van der Waals surface area contributed by atoms with Crippen molar-refractivity contribution in [2.45, 2.75) is 25.8 Å². The zero-order valence-corrected chi connectivity index (χ0v) is 10.8. The predicted molar refractivity (Wildman–Crippen MR) is 67.1 cm³/mol. The minimum atomic E-state index is -0.412. The second-order valence-corrected chi connectivity index (χ2v) is 4.48. The Balaban J connectivity index is 2.08. The Bertz CT molecular complexity index is 468. The van der Waals surface area contributed by atoms with E-state index in [1.807, 2.05) is 0 Å². The van der Waals surface area contributed by atoms with Crippen LogP contribution in [-0.4, -0.2) is 36.0 Å². The molecule has 0 unspecified atom stereocenters. The molecule has 0 saturated heterocycles. The Morgan fingerprint density at radius 3 is 2.47 bits per heavy atom. The number of nitrogens with zero attached hydrogens (tertiary/aromatic N) is 1. The van der Waals surface area contributed by atoms with Crippen molar-refractivity contribution in [3.63, 3.8) is 0 Å². The summed E-state index contributed by atoms with van der Waals surface area (Å²) in [4.78, 5) is 25.3. The number of ether oxygens (including phenoxy) is 1. The Morgan fingerprint density at radius 1 is 1.32 bits per heavy atom. The van der Waals surface area contributed by atoms with Crippen LogP contribution in [0.4, 0.5) is 4.39 Å². The van der Waals surface area contributed by atoms with Gasteiger partial charge in [-0.15, -0.1) is 0 Å². The number of rotatable bonds is 5. The topological polar surface area (TPSA) is 46.6 Å². The van der Waals surface area contributed by atoms with Crippen LogP contribution in [0.1, 0.15) is 30.1 Å². The number of carbonyl (C=O) groups excluding carboxylic acids is 2. The normalized spacial score (nSPS) is 14.0. The van der Waals surface area contributed by atoms with E-state index in [4.69, 9.17) is 4.74 Å². The van der Waals surface area contributed by atoms with Crippen LogP contribution in [0.25, 0.3) is 0 Å². The molecule has 2 rings (SSSR count). The van der Waals surface area contributed by atoms with Crippen molar-refractivity contribution in [2.75, 3.05) is 13.2 Å². The zero-order valence-electron chi connectivity index (χ0n) is 10.8. The van der Waals surface area contributed by atoms with Crippen LogP contribution in [0.3, 0.4) is 0 Å². The smallest absolute Gasteiger partial charge is 0.325 e. The number of benzene rings is 1. The molecule has 0 atom stereocenters. The molecule has 0 spiro atoms. The van der Waals surface area contributed by atoms with Crippen molar-refractivity contribution in [3.8, 4) is 0 Å². The van der Waals surface area contributed by atoms with E-state index in [1.54, 1.807) is 6.92 Å². The summed E-state index contributed by atoms with van der Waals surface area (Å²) in [6.07, 6.45) is 1.79. The highest BCUT2D eigenvalue weighted by molar-refractivity contribution is 5.96. The lowest BCUT2D eigenvalue weighted by molar-refractivity contribution is -0.144. The van der Waals surface area contributed by atoms with Crippen molar-refractivity contribution in [2.24, 2.45) is 0 Å². The molecule has 0 N–H and O–H groups in total. The first-order chi connectivity index (χ1) is 9.11. The molecule has 0 aromatic heterocycles. The number of halogens is 1. The van der Waals surface area contributed by atoms with E-state index < -0.39 is 5.97 Å². The third kappa shape index (κ3) is 3.53. The van der Waals surface area contributed by atoms with Gasteiger partial charge in [0.05, 0.1) is 6.61 Å². The molecule has 19 heavy (non-hydrogen) atoms. The Hall–Kier alpha value is -1.91. The van der Waals surface area contributed by atoms with Gasteiger partial charge in [0.2, 0.25) is 0 Å². The lowest BCUT2D eigenvalue weighted by atomic mass is 10.2. The Morgan fingerprint density at radius 2 is 1.95 bits per heavy atom. The van der Waals surface area contributed by atoms with E-state index in [0.29, 0.717) is 12.2 Å². The summed E-state index contributed by atoms with van der Waals surface area (Å²) in [5, 5.41) is 0. The van der Waals surface area contributed by atoms with E-state index in [2.05, 4.69) is 0 Å². The van der Waals surface area contributed by atoms with Gasteiger partial charge in [0, 0.05) is 11.6 Å². The summed E-state index contributed by atoms with van der Waals surface area (Å²) in [5.41, 5.74) is 0.387. The molecule has 0 aliphatic heterocycles. The van der Waals surface area contributed by atoms with E-state index in [9.17, 15) is 14.0 Å². The molecule has 1 aromatic carbocycles. The van der Waals surface area contributed by atoms with Gasteiger partial charge in [-0.3, -0.25) is 9.59 Å². The monoisotopic (exact) mass is 265 g/mol. The molecule has 102 valence electrons. The number of esters is 1. The van der Waals surface area contributed by atoms with Gasteiger partial charge in [0.25, 0.3) is 5.91 Å². The van der Waals surface area contributed by atoms with Crippen molar-refractivity contribution in [1.29, 1.82) is 0 Å². The van der Waals surface area contributed by atoms with Crippen LogP contribution in [0, 0.1) is 5.82 Å². The van der Waals surface area contributed by atoms with Crippen LogP contribution in [0.15, 0.2) is 24.3 Å². The molecule has 5 heteroatoms. The van der Waals surface area contributed by atoms with Crippen molar-refractivity contribution in [1.82, 2.24) is 4.90 Å². The van der Waals surface area contributed by atoms with Crippen LogP contribution in [-0.2, 0) is 9.53 Å². The highest BCUT2D eigenvalue weighted by Gasteiger charge is 2.34. The summed E-state index contributed by atoms with van der Waals surface area (Å²) >= 11 is 0. The molecule has 0 heterocycles. The summed E-state index contributed by atoms with van der Waals surface area (Å²) in [7, 11) is 0. The third-order valence-electron chi connectivity index (χ3n) is 2.94. The minimum absolute atomic E-state index is 0.0469. The fraction of sp³-hybridized carbons (Fsp3) is 0.429. The summed E-state index contributed by atoms with van der Waals surface area (Å²) < 4.78 is 17.7. The van der Waals surface area contributed by atoms with Gasteiger partial charge in [0.15, 0.2) is 0 Å². The van der Waals surface area contributed by atoms with Crippen molar-refractivity contribution < 1.29 is 18.7 Å². The van der Waals surface area contributed by atoms with Gasteiger partial charge in [-0.25, -0.2) is 4.39 Å². The molecule has 4 nitrogen and oxygen atoms in total. The number of carbonyl (C=O) groups is 2. The second-order valence-electron chi connectivity index (χ2n) is 4.48. The molecule has 1 aliphatic rings. The van der Waals surface area contributed by atoms with E-state index in [1.165, 1.54) is 29.2 Å². The first-order valence-electron chi connectivity index (χ1n) is 6.34. The van der Waals surface area contributed by atoms with Gasteiger partial charge in [-0.2, -0.15) is 0 Å². The zero-order chi connectivity index (χ0) is 13.8. The average Bonchev–Trinajstić information content (AvgIpc) is 3.21. The molecule has 0 bridgehead atoms. The highest BCUT2D eigenvalue weighted by atomic mass is 19.1. The third-order valence-corrected chi connectivity index (χ3v) is 2.94. The summed E-state index contributed by atoms with van der Waals surface area (Å²) in [6.45, 7) is 1.97. The van der Waals surface area contributed by atoms with Gasteiger partial charge < -0.3 is 9.64 Å². The highest BCUT2D eigenvalue weighted by Crippen LogP contribution is 2.28. The van der Waals surface area contributed by atoms with E-state index in [0.717, 1.165) is 12.8 Å². The van der Waals surface area contributed by atoms with Crippen LogP contribution >= 0.6 is 0 Å². The maximum atomic E-state index is 12.8. The molecule has 1 saturated carbocycles. The molecular formula is C14H16FNO3. The first kappa shape index (κ1) is 13.5. The lowest BCUT2D eigenvalue weighted by Gasteiger charge is -2.21. The predicted octanol–water partition coefficient (Wildman–Crippen LogP) is 1.99. The van der Waals surface area contributed by atoms with Gasteiger partial charge in [-0.1, -0.05) is 0 Å². The molecule has 1 aliphatic carbocycles. The maximum Gasteiger partial charge on any atom is 0.325 e. The quantitative estimate of drug-likeness (QED) is 0.765. The lowest BCUT2D eigenvalue weighted by Crippen LogP contribution is -2.38. The first-order valence-corrected chi connectivity index (χ1v) is 6.34. The molecule has 1 fully saturated rings. The fourth-order valence-corrected chi connectivity index (χ4v) is 1.86. The van der Waals surface area contributed by atoms with Gasteiger partial charge in [-0.05, 0) is 44.0 Å². The average molecular weight is 265 g/mol. The standard InChI is InChI=1S/C14H16FNO3/c1-2-19-13(17)9-16(12-7-8-12)14(18)10-3-5-11(15)6-4-10/h3-6,12H,2,7-9H2,1H3. The minimum Gasteiger partial charge on any atom is -0.465 e. The Kier molecular flexibility index (Phi) is 4.14. The number of hydrogen-bond acceptors (Lipinski definition) is 3. The van der Waals surface area contributed by atoms with E-state index in [-0.39, 0.29) is 24.3 Å². The van der Waals surface area contributed by atoms with Crippen LogP contribution < -0.4 is 0 Å². The van der Waals surface area contributed by atoms with Crippen LogP contribution in [0.5, 0.6) is 0 Å². The number of hydrogen-bond donors (Lipinski definition) is 0. The Labute approximate surface area is 111 Å². The SMILES string of the molecule is CCOC(=O)CN(C(=O)c1ccc(F)cc1)C1CC1. The largest absolute Gasteiger partial charge is 0.465 e. The second kappa shape index (κ2) is 5.82. The summed E-state index contributed by atoms with van der Waals surface area (Å²) in [5.74, 6) is -1.06. The molecule has 1 amide bonds. The molecule has 1 aromatic rings. The number of amides is 1. The van der Waals surface area contributed by atoms with Gasteiger partial charge in [0.1, 0.15) is 12.4 Å². The fourth-order valence-electron chi connectivity index (χ4n) is 1.86. The maximum absolute atomic E-state index is 12.8. The molecule has 0 radical (unpaired) electrons.